The fourth-order valence-corrected chi connectivity index (χ4v) is 2.67. The number of amides is 1. The van der Waals surface area contributed by atoms with Crippen LogP contribution in [0, 0.1) is 24.2 Å². The molecule has 1 aliphatic carbocycles. The number of hydrogen-bond acceptors (Lipinski definition) is 2. The molecule has 0 radical (unpaired) electrons. The molecule has 102 valence electrons. The van der Waals surface area contributed by atoms with Crippen molar-refractivity contribution in [1.29, 1.82) is 0 Å². The monoisotopic (exact) mass is 258 g/mol. The summed E-state index contributed by atoms with van der Waals surface area (Å²) in [5, 5.41) is 2.92. The minimum atomic E-state index is 0.0460. The highest BCUT2D eigenvalue weighted by molar-refractivity contribution is 5.95. The second-order valence-electron chi connectivity index (χ2n) is 6.22. The highest BCUT2D eigenvalue weighted by atomic mass is 16.2. The van der Waals surface area contributed by atoms with Crippen molar-refractivity contribution in [3.8, 4) is 0 Å². The molecule has 1 heterocycles. The normalized spacial score (nSPS) is 23.6. The molecule has 1 aliphatic rings. The number of rotatable bonds is 3. The molecule has 2 atom stereocenters. The molecular formula is C16H22N2O. The summed E-state index contributed by atoms with van der Waals surface area (Å²) in [5.74, 6) is 1.10. The average Bonchev–Trinajstić information content (AvgIpc) is 2.79. The fourth-order valence-electron chi connectivity index (χ4n) is 2.67. The zero-order chi connectivity index (χ0) is 14.2. The van der Waals surface area contributed by atoms with Crippen LogP contribution >= 0.6 is 0 Å². The van der Waals surface area contributed by atoms with Crippen LogP contribution in [0.2, 0.25) is 0 Å². The predicted octanol–water partition coefficient (Wildman–Crippen LogP) is 3.57. The van der Waals surface area contributed by atoms with E-state index < -0.39 is 0 Å². The molecule has 19 heavy (non-hydrogen) atoms. The van der Waals surface area contributed by atoms with Gasteiger partial charge in [-0.3, -0.25) is 4.79 Å². The predicted molar refractivity (Wildman–Crippen MR) is 77.8 cm³/mol. The van der Waals surface area contributed by atoms with Gasteiger partial charge in [-0.1, -0.05) is 31.6 Å². The van der Waals surface area contributed by atoms with Crippen LogP contribution in [0.25, 0.3) is 0 Å². The fraction of sp³-hybridized carbons (Fsp3) is 0.500. The first kappa shape index (κ1) is 13.8. The molecule has 3 heteroatoms. The molecule has 1 fully saturated rings. The number of allylic oxidation sites excluding steroid dienone is 2. The number of nitrogens with one attached hydrogen (secondary N) is 1. The van der Waals surface area contributed by atoms with Crippen LogP contribution in [0.15, 0.2) is 29.8 Å². The maximum atomic E-state index is 12.3. The molecule has 2 unspecified atom stereocenters. The smallest absolute Gasteiger partial charge is 0.229 e. The molecule has 0 saturated heterocycles. The van der Waals surface area contributed by atoms with Crippen LogP contribution < -0.4 is 5.32 Å². The number of aryl methyl sites for hydroxylation is 1. The van der Waals surface area contributed by atoms with Gasteiger partial charge in [-0.25, -0.2) is 4.98 Å². The van der Waals surface area contributed by atoms with Crippen molar-refractivity contribution in [1.82, 2.24) is 4.98 Å². The first-order valence-corrected chi connectivity index (χ1v) is 6.72. The molecule has 2 rings (SSSR count). The molecule has 1 aromatic heterocycles. The van der Waals surface area contributed by atoms with E-state index in [1.807, 2.05) is 25.1 Å². The van der Waals surface area contributed by atoms with E-state index in [-0.39, 0.29) is 17.2 Å². The lowest BCUT2D eigenvalue weighted by molar-refractivity contribution is -0.118. The quantitative estimate of drug-likeness (QED) is 0.842. The number of aromatic nitrogens is 1. The Balaban J connectivity index is 2.08. The van der Waals surface area contributed by atoms with Crippen LogP contribution in [-0.4, -0.2) is 10.9 Å². The number of hydrogen-bond donors (Lipinski definition) is 1. The SMILES string of the molecule is CC(C)=CC1C(C(=O)Nc2cccc(C)n2)C1(C)C. The minimum absolute atomic E-state index is 0.0460. The van der Waals surface area contributed by atoms with Crippen molar-refractivity contribution in [2.75, 3.05) is 5.32 Å². The van der Waals surface area contributed by atoms with Crippen molar-refractivity contribution in [2.24, 2.45) is 17.3 Å². The van der Waals surface area contributed by atoms with E-state index in [0.717, 1.165) is 5.69 Å². The number of carbonyl (C=O) groups is 1. The second kappa shape index (κ2) is 4.80. The van der Waals surface area contributed by atoms with Gasteiger partial charge in [0.05, 0.1) is 5.92 Å². The average molecular weight is 258 g/mol. The summed E-state index contributed by atoms with van der Waals surface area (Å²) >= 11 is 0. The molecule has 1 aromatic rings. The van der Waals surface area contributed by atoms with E-state index in [1.165, 1.54) is 5.57 Å². The Kier molecular flexibility index (Phi) is 3.48. The van der Waals surface area contributed by atoms with Gasteiger partial charge < -0.3 is 5.32 Å². The Bertz CT molecular complexity index is 527. The molecule has 0 aromatic carbocycles. The standard InChI is InChI=1S/C16H22N2O/c1-10(2)9-12-14(16(12,4)5)15(19)18-13-8-6-7-11(3)17-13/h6-9,12,14H,1-5H3,(H,17,18,19). The molecule has 3 nitrogen and oxygen atoms in total. The Labute approximate surface area is 115 Å². The largest absolute Gasteiger partial charge is 0.310 e. The third-order valence-corrected chi connectivity index (χ3v) is 3.85. The summed E-state index contributed by atoms with van der Waals surface area (Å²) in [6, 6.07) is 5.66. The molecule has 1 N–H and O–H groups in total. The van der Waals surface area contributed by atoms with Gasteiger partial charge in [-0.2, -0.15) is 0 Å². The number of carbonyl (C=O) groups excluding carboxylic acids is 1. The van der Waals surface area contributed by atoms with Gasteiger partial charge in [0.25, 0.3) is 0 Å². The minimum Gasteiger partial charge on any atom is -0.310 e. The first-order chi connectivity index (χ1) is 8.82. The van der Waals surface area contributed by atoms with Gasteiger partial charge in [-0.05, 0) is 44.2 Å². The molecule has 0 spiro atoms. The van der Waals surface area contributed by atoms with Gasteiger partial charge in [0, 0.05) is 5.69 Å². The summed E-state index contributed by atoms with van der Waals surface area (Å²) in [6.45, 7) is 10.4. The van der Waals surface area contributed by atoms with Crippen molar-refractivity contribution >= 4 is 11.7 Å². The highest BCUT2D eigenvalue weighted by Crippen LogP contribution is 2.59. The number of nitrogens with zero attached hydrogens (tertiary/aromatic N) is 1. The van der Waals surface area contributed by atoms with Gasteiger partial charge in [0.15, 0.2) is 0 Å². The lowest BCUT2D eigenvalue weighted by Gasteiger charge is -2.05. The van der Waals surface area contributed by atoms with Crippen LogP contribution in [0.3, 0.4) is 0 Å². The Morgan fingerprint density at radius 3 is 2.63 bits per heavy atom. The van der Waals surface area contributed by atoms with Gasteiger partial charge >= 0.3 is 0 Å². The Morgan fingerprint density at radius 2 is 2.05 bits per heavy atom. The maximum Gasteiger partial charge on any atom is 0.229 e. The van der Waals surface area contributed by atoms with Crippen LogP contribution in [0.1, 0.15) is 33.4 Å². The zero-order valence-electron chi connectivity index (χ0n) is 12.3. The first-order valence-electron chi connectivity index (χ1n) is 6.72. The van der Waals surface area contributed by atoms with E-state index in [4.69, 9.17) is 0 Å². The summed E-state index contributed by atoms with van der Waals surface area (Å²) in [4.78, 5) is 16.6. The number of pyridine rings is 1. The van der Waals surface area contributed by atoms with Crippen molar-refractivity contribution < 1.29 is 4.79 Å². The van der Waals surface area contributed by atoms with Crippen LogP contribution in [0.4, 0.5) is 5.82 Å². The van der Waals surface area contributed by atoms with E-state index in [1.54, 1.807) is 0 Å². The lowest BCUT2D eigenvalue weighted by atomic mass is 10.1. The second-order valence-corrected chi connectivity index (χ2v) is 6.22. The van der Waals surface area contributed by atoms with E-state index in [2.05, 4.69) is 44.1 Å². The molecule has 1 saturated carbocycles. The van der Waals surface area contributed by atoms with Gasteiger partial charge in [0.2, 0.25) is 5.91 Å². The van der Waals surface area contributed by atoms with Crippen molar-refractivity contribution in [3.63, 3.8) is 0 Å². The van der Waals surface area contributed by atoms with Crippen molar-refractivity contribution in [2.45, 2.75) is 34.6 Å². The number of anilines is 1. The lowest BCUT2D eigenvalue weighted by Crippen LogP contribution is -2.17. The highest BCUT2D eigenvalue weighted by Gasteiger charge is 2.60. The van der Waals surface area contributed by atoms with E-state index in [9.17, 15) is 4.79 Å². The topological polar surface area (TPSA) is 42.0 Å². The zero-order valence-corrected chi connectivity index (χ0v) is 12.3. The Hall–Kier alpha value is -1.64. The summed E-state index contributed by atoms with van der Waals surface area (Å²) in [7, 11) is 0. The van der Waals surface area contributed by atoms with Crippen molar-refractivity contribution in [3.05, 3.63) is 35.5 Å². The molecule has 0 bridgehead atoms. The summed E-state index contributed by atoms with van der Waals surface area (Å²) in [6.07, 6.45) is 2.20. The Morgan fingerprint density at radius 1 is 1.37 bits per heavy atom. The molecule has 1 amide bonds. The van der Waals surface area contributed by atoms with Crippen LogP contribution in [-0.2, 0) is 4.79 Å². The van der Waals surface area contributed by atoms with E-state index in [0.29, 0.717) is 11.7 Å². The van der Waals surface area contributed by atoms with Gasteiger partial charge in [-0.15, -0.1) is 0 Å². The van der Waals surface area contributed by atoms with Crippen LogP contribution in [0.5, 0.6) is 0 Å². The maximum absolute atomic E-state index is 12.3. The summed E-state index contributed by atoms with van der Waals surface area (Å²) in [5.41, 5.74) is 2.22. The molecular weight excluding hydrogens is 236 g/mol. The third-order valence-electron chi connectivity index (χ3n) is 3.85. The third kappa shape index (κ3) is 2.86. The summed E-state index contributed by atoms with van der Waals surface area (Å²) < 4.78 is 0. The van der Waals surface area contributed by atoms with Gasteiger partial charge in [0.1, 0.15) is 5.82 Å². The van der Waals surface area contributed by atoms with E-state index >= 15 is 0 Å². The molecule has 0 aliphatic heterocycles.